The topological polar surface area (TPSA) is 47.3 Å². The summed E-state index contributed by atoms with van der Waals surface area (Å²) in [5, 5.41) is 0. The van der Waals surface area contributed by atoms with E-state index in [0.717, 1.165) is 17.7 Å². The van der Waals surface area contributed by atoms with Gasteiger partial charge in [0.05, 0.1) is 12.2 Å². The summed E-state index contributed by atoms with van der Waals surface area (Å²) in [7, 11) is 0. The Morgan fingerprint density at radius 1 is 1.28 bits per heavy atom. The van der Waals surface area contributed by atoms with E-state index in [1.165, 1.54) is 12.1 Å². The van der Waals surface area contributed by atoms with Crippen LogP contribution in [-0.4, -0.2) is 19.3 Å². The molecule has 0 bridgehead atoms. The largest absolute Gasteiger partial charge is 0.416 e. The van der Waals surface area contributed by atoms with Crippen molar-refractivity contribution < 1.29 is 17.9 Å². The minimum Gasteiger partial charge on any atom is -0.380 e. The van der Waals surface area contributed by atoms with Crippen LogP contribution in [-0.2, 0) is 17.3 Å². The van der Waals surface area contributed by atoms with E-state index in [2.05, 4.69) is 5.43 Å². The van der Waals surface area contributed by atoms with Crippen LogP contribution in [0.2, 0.25) is 0 Å². The molecule has 1 aromatic carbocycles. The van der Waals surface area contributed by atoms with Gasteiger partial charge in [-0.25, -0.2) is 0 Å². The van der Waals surface area contributed by atoms with Crippen LogP contribution in [0.1, 0.15) is 18.1 Å². The maximum atomic E-state index is 12.4. The third kappa shape index (κ3) is 4.64. The first-order chi connectivity index (χ1) is 8.47. The Hall–Kier alpha value is -1.11. The van der Waals surface area contributed by atoms with E-state index >= 15 is 0 Å². The van der Waals surface area contributed by atoms with E-state index in [1.54, 1.807) is 0 Å². The molecule has 0 aliphatic carbocycles. The molecule has 0 fully saturated rings. The minimum atomic E-state index is -4.30. The summed E-state index contributed by atoms with van der Waals surface area (Å²) < 4.78 is 42.3. The van der Waals surface area contributed by atoms with E-state index in [9.17, 15) is 13.2 Å². The molecule has 0 saturated heterocycles. The molecule has 3 nitrogen and oxygen atoms in total. The van der Waals surface area contributed by atoms with Gasteiger partial charge in [-0.1, -0.05) is 12.1 Å². The van der Waals surface area contributed by atoms with Crippen molar-refractivity contribution in [2.75, 3.05) is 13.2 Å². The highest BCUT2D eigenvalue weighted by Gasteiger charge is 2.29. The summed E-state index contributed by atoms with van der Waals surface area (Å²) in [4.78, 5) is 0. The van der Waals surface area contributed by atoms with E-state index in [0.29, 0.717) is 19.6 Å². The van der Waals surface area contributed by atoms with Crippen molar-refractivity contribution in [3.05, 3.63) is 35.4 Å². The van der Waals surface area contributed by atoms with Crippen molar-refractivity contribution in [1.29, 1.82) is 0 Å². The van der Waals surface area contributed by atoms with Crippen LogP contribution >= 0.6 is 0 Å². The molecule has 1 rings (SSSR count). The summed E-state index contributed by atoms with van der Waals surface area (Å²) >= 11 is 0. The Labute approximate surface area is 104 Å². The molecule has 0 aliphatic heterocycles. The SMILES string of the molecule is CCOCC(Cc1ccc(C(F)(F)F)cc1)NN. The fourth-order valence-electron chi connectivity index (χ4n) is 1.54. The van der Waals surface area contributed by atoms with Gasteiger partial charge in [-0.3, -0.25) is 11.3 Å². The minimum absolute atomic E-state index is 0.110. The highest BCUT2D eigenvalue weighted by atomic mass is 19.4. The molecule has 0 aromatic heterocycles. The van der Waals surface area contributed by atoms with Crippen LogP contribution < -0.4 is 11.3 Å². The number of halogens is 3. The Morgan fingerprint density at radius 3 is 2.33 bits per heavy atom. The first-order valence-electron chi connectivity index (χ1n) is 5.67. The van der Waals surface area contributed by atoms with Crippen molar-refractivity contribution in [2.45, 2.75) is 25.6 Å². The number of alkyl halides is 3. The van der Waals surface area contributed by atoms with Crippen molar-refractivity contribution >= 4 is 0 Å². The zero-order valence-electron chi connectivity index (χ0n) is 10.1. The van der Waals surface area contributed by atoms with Crippen molar-refractivity contribution in [3.63, 3.8) is 0 Å². The van der Waals surface area contributed by atoms with E-state index in [4.69, 9.17) is 10.6 Å². The van der Waals surface area contributed by atoms with E-state index in [1.807, 2.05) is 6.92 Å². The Balaban J connectivity index is 2.62. The van der Waals surface area contributed by atoms with Crippen LogP contribution in [0.25, 0.3) is 0 Å². The number of ether oxygens (including phenoxy) is 1. The Kier molecular flexibility index (Phi) is 5.58. The number of nitrogens with two attached hydrogens (primary N) is 1. The number of hydrogen-bond acceptors (Lipinski definition) is 3. The first-order valence-corrected chi connectivity index (χ1v) is 5.67. The van der Waals surface area contributed by atoms with Gasteiger partial charge in [0.1, 0.15) is 0 Å². The van der Waals surface area contributed by atoms with Gasteiger partial charge in [0, 0.05) is 12.6 Å². The van der Waals surface area contributed by atoms with Crippen LogP contribution in [0.15, 0.2) is 24.3 Å². The van der Waals surface area contributed by atoms with Gasteiger partial charge in [-0.2, -0.15) is 13.2 Å². The molecule has 0 saturated carbocycles. The number of hydrazine groups is 1. The van der Waals surface area contributed by atoms with Gasteiger partial charge in [0.15, 0.2) is 0 Å². The quantitative estimate of drug-likeness (QED) is 0.610. The summed E-state index contributed by atoms with van der Waals surface area (Å²) in [6.45, 7) is 2.87. The number of nitrogens with one attached hydrogen (secondary N) is 1. The molecular formula is C12H17F3N2O. The fraction of sp³-hybridized carbons (Fsp3) is 0.500. The molecule has 0 aliphatic rings. The van der Waals surface area contributed by atoms with Crippen LogP contribution in [0.4, 0.5) is 13.2 Å². The molecule has 18 heavy (non-hydrogen) atoms. The second-order valence-electron chi connectivity index (χ2n) is 3.92. The molecule has 3 N–H and O–H groups in total. The lowest BCUT2D eigenvalue weighted by Gasteiger charge is -2.16. The fourth-order valence-corrected chi connectivity index (χ4v) is 1.54. The molecule has 1 aromatic rings. The molecule has 0 amide bonds. The summed E-state index contributed by atoms with van der Waals surface area (Å²) in [5.41, 5.74) is 2.72. The average molecular weight is 262 g/mol. The van der Waals surface area contributed by atoms with E-state index < -0.39 is 11.7 Å². The van der Waals surface area contributed by atoms with Gasteiger partial charge in [-0.15, -0.1) is 0 Å². The monoisotopic (exact) mass is 262 g/mol. The average Bonchev–Trinajstić information content (AvgIpc) is 2.34. The number of hydrogen-bond donors (Lipinski definition) is 2. The Bertz CT molecular complexity index is 351. The summed E-state index contributed by atoms with van der Waals surface area (Å²) in [5.74, 6) is 5.35. The van der Waals surface area contributed by atoms with Crippen LogP contribution in [0, 0.1) is 0 Å². The van der Waals surface area contributed by atoms with Gasteiger partial charge in [0.25, 0.3) is 0 Å². The molecular weight excluding hydrogens is 245 g/mol. The van der Waals surface area contributed by atoms with Crippen molar-refractivity contribution in [1.82, 2.24) is 5.43 Å². The van der Waals surface area contributed by atoms with Gasteiger partial charge < -0.3 is 4.74 Å². The smallest absolute Gasteiger partial charge is 0.380 e. The Morgan fingerprint density at radius 2 is 1.89 bits per heavy atom. The second kappa shape index (κ2) is 6.72. The maximum absolute atomic E-state index is 12.4. The van der Waals surface area contributed by atoms with Crippen LogP contribution in [0.3, 0.4) is 0 Å². The lowest BCUT2D eigenvalue weighted by Crippen LogP contribution is -2.40. The van der Waals surface area contributed by atoms with Gasteiger partial charge in [0.2, 0.25) is 0 Å². The van der Waals surface area contributed by atoms with Crippen LogP contribution in [0.5, 0.6) is 0 Å². The third-order valence-corrected chi connectivity index (χ3v) is 2.52. The highest BCUT2D eigenvalue weighted by Crippen LogP contribution is 2.29. The maximum Gasteiger partial charge on any atom is 0.416 e. The van der Waals surface area contributed by atoms with E-state index in [-0.39, 0.29) is 6.04 Å². The van der Waals surface area contributed by atoms with Crippen molar-refractivity contribution in [3.8, 4) is 0 Å². The van der Waals surface area contributed by atoms with Gasteiger partial charge in [-0.05, 0) is 31.0 Å². The zero-order chi connectivity index (χ0) is 13.6. The molecule has 6 heteroatoms. The molecule has 102 valence electrons. The number of rotatable bonds is 6. The highest BCUT2D eigenvalue weighted by molar-refractivity contribution is 5.25. The third-order valence-electron chi connectivity index (χ3n) is 2.52. The standard InChI is InChI=1S/C12H17F3N2O/c1-2-18-8-11(17-16)7-9-3-5-10(6-4-9)12(13,14)15/h3-6,11,17H,2,7-8,16H2,1H3. The lowest BCUT2D eigenvalue weighted by atomic mass is 10.0. The predicted octanol–water partition coefficient (Wildman–Crippen LogP) is 2.12. The number of benzene rings is 1. The normalized spacial score (nSPS) is 13.6. The molecule has 0 radical (unpaired) electrons. The summed E-state index contributed by atoms with van der Waals surface area (Å²) in [6.07, 6.45) is -3.77. The van der Waals surface area contributed by atoms with Gasteiger partial charge >= 0.3 is 6.18 Å². The molecule has 0 heterocycles. The lowest BCUT2D eigenvalue weighted by molar-refractivity contribution is -0.137. The second-order valence-corrected chi connectivity index (χ2v) is 3.92. The van der Waals surface area contributed by atoms with Crippen molar-refractivity contribution in [2.24, 2.45) is 5.84 Å². The zero-order valence-corrected chi connectivity index (χ0v) is 10.1. The molecule has 1 atom stereocenters. The summed E-state index contributed by atoms with van der Waals surface area (Å²) in [6, 6.07) is 4.95. The molecule has 1 unspecified atom stereocenters. The first kappa shape index (κ1) is 14.9. The predicted molar refractivity (Wildman–Crippen MR) is 62.8 cm³/mol. The molecule has 0 spiro atoms.